The molecule has 5 nitrogen and oxygen atoms in total. The monoisotopic (exact) mass is 369 g/mol. The summed E-state index contributed by atoms with van der Waals surface area (Å²) in [5.41, 5.74) is 1.65. The summed E-state index contributed by atoms with van der Waals surface area (Å²) in [6.07, 6.45) is 0. The first kappa shape index (κ1) is 15.2. The Hall–Kier alpha value is -2.73. The van der Waals surface area contributed by atoms with Gasteiger partial charge in [-0.2, -0.15) is 0 Å². The van der Waals surface area contributed by atoms with Gasteiger partial charge in [-0.25, -0.2) is 4.99 Å². The van der Waals surface area contributed by atoms with E-state index in [1.165, 1.54) is 0 Å². The normalized spacial score (nSPS) is 18.0. The predicted molar refractivity (Wildman–Crippen MR) is 94.0 cm³/mol. The zero-order chi connectivity index (χ0) is 16.2. The summed E-state index contributed by atoms with van der Waals surface area (Å²) >= 11 is 3.41. The number of allylic oxidation sites excluding steroid dienone is 1. The highest BCUT2D eigenvalue weighted by molar-refractivity contribution is 9.15. The Kier molecular flexibility index (Phi) is 4.34. The number of nitrogens with one attached hydrogen (secondary N) is 1. The van der Waals surface area contributed by atoms with Gasteiger partial charge in [0.15, 0.2) is 11.5 Å². The van der Waals surface area contributed by atoms with E-state index in [2.05, 4.69) is 31.4 Å². The van der Waals surface area contributed by atoms with Crippen molar-refractivity contribution >= 4 is 43.4 Å². The average molecular weight is 370 g/mol. The number of carbonyl (C=O) groups is 1. The van der Waals surface area contributed by atoms with Gasteiger partial charge in [-0.05, 0) is 33.6 Å². The van der Waals surface area contributed by atoms with Crippen LogP contribution in [0.2, 0.25) is 0 Å². The van der Waals surface area contributed by atoms with E-state index in [4.69, 9.17) is 5.21 Å². The largest absolute Gasteiger partial charge is 0.410 e. The number of anilines is 1. The van der Waals surface area contributed by atoms with Crippen LogP contribution in [0.3, 0.4) is 0 Å². The zero-order valence-corrected chi connectivity index (χ0v) is 13.5. The molecule has 0 spiro atoms. The number of benzene rings is 2. The van der Waals surface area contributed by atoms with Gasteiger partial charge in [-0.1, -0.05) is 53.7 Å². The Morgan fingerprint density at radius 2 is 1.65 bits per heavy atom. The SMILES string of the molecule is O=C1/C(=C(/Br)c2ccccc2)N=C(Nc2ccccc2)/C1=N\O. The topological polar surface area (TPSA) is 74.0 Å². The van der Waals surface area contributed by atoms with E-state index in [9.17, 15) is 4.79 Å². The van der Waals surface area contributed by atoms with Gasteiger partial charge >= 0.3 is 0 Å². The number of hydrogen-bond donors (Lipinski definition) is 2. The molecular weight excluding hydrogens is 358 g/mol. The zero-order valence-electron chi connectivity index (χ0n) is 11.9. The standard InChI is InChI=1S/C17H12BrN3O2/c18-13(11-7-3-1-4-8-11)14-16(22)15(21-23)17(20-14)19-12-9-5-2-6-10-12/h1-10,23H,(H,19,20)/b14-13-,21-15-. The highest BCUT2D eigenvalue weighted by Crippen LogP contribution is 2.29. The van der Waals surface area contributed by atoms with Crippen LogP contribution in [-0.2, 0) is 4.79 Å². The third kappa shape index (κ3) is 3.07. The van der Waals surface area contributed by atoms with E-state index in [1.807, 2.05) is 60.7 Å². The number of ketones is 1. The minimum absolute atomic E-state index is 0.114. The molecule has 0 radical (unpaired) electrons. The lowest BCUT2D eigenvalue weighted by atomic mass is 10.1. The highest BCUT2D eigenvalue weighted by atomic mass is 79.9. The van der Waals surface area contributed by atoms with Crippen molar-refractivity contribution in [2.24, 2.45) is 10.1 Å². The minimum Gasteiger partial charge on any atom is -0.410 e. The van der Waals surface area contributed by atoms with Crippen LogP contribution in [0.5, 0.6) is 0 Å². The number of halogens is 1. The second kappa shape index (κ2) is 6.58. The maximum Gasteiger partial charge on any atom is 0.238 e. The summed E-state index contributed by atoms with van der Waals surface area (Å²) in [4.78, 5) is 16.7. The number of carbonyl (C=O) groups excluding carboxylic acids is 1. The van der Waals surface area contributed by atoms with Gasteiger partial charge in [0.1, 0.15) is 5.70 Å². The third-order valence-electron chi connectivity index (χ3n) is 3.25. The van der Waals surface area contributed by atoms with Crippen molar-refractivity contribution in [3.05, 3.63) is 71.9 Å². The quantitative estimate of drug-likeness (QED) is 0.481. The van der Waals surface area contributed by atoms with Crippen molar-refractivity contribution in [2.45, 2.75) is 0 Å². The molecular formula is C17H12BrN3O2. The van der Waals surface area contributed by atoms with Gasteiger partial charge in [-0.3, -0.25) is 4.79 Å². The van der Waals surface area contributed by atoms with Crippen LogP contribution in [0.25, 0.3) is 4.48 Å². The van der Waals surface area contributed by atoms with Gasteiger partial charge < -0.3 is 10.5 Å². The van der Waals surface area contributed by atoms with Crippen molar-refractivity contribution in [3.8, 4) is 0 Å². The van der Waals surface area contributed by atoms with Crippen molar-refractivity contribution in [2.75, 3.05) is 5.32 Å². The number of Topliss-reactive ketones (excluding diaryl/α,β-unsaturated/α-hetero) is 1. The van der Waals surface area contributed by atoms with Crippen LogP contribution in [0, 0.1) is 0 Å². The molecule has 0 saturated carbocycles. The summed E-state index contributed by atoms with van der Waals surface area (Å²) in [5.74, 6) is -0.228. The Labute approximate surface area is 141 Å². The smallest absolute Gasteiger partial charge is 0.238 e. The molecule has 0 aromatic heterocycles. The molecule has 0 saturated heterocycles. The molecule has 3 rings (SSSR count). The summed E-state index contributed by atoms with van der Waals surface area (Å²) in [6.45, 7) is 0. The number of nitrogens with zero attached hydrogens (tertiary/aromatic N) is 2. The molecule has 1 aliphatic heterocycles. The number of para-hydroxylation sites is 1. The van der Waals surface area contributed by atoms with Gasteiger partial charge in [0.05, 0.1) is 4.48 Å². The minimum atomic E-state index is -0.443. The Morgan fingerprint density at radius 1 is 1.04 bits per heavy atom. The second-order valence-electron chi connectivity index (χ2n) is 4.76. The first-order valence-corrected chi connectivity index (χ1v) is 7.63. The van der Waals surface area contributed by atoms with Crippen molar-refractivity contribution in [1.82, 2.24) is 0 Å². The maximum absolute atomic E-state index is 12.4. The van der Waals surface area contributed by atoms with Crippen LogP contribution in [0.1, 0.15) is 5.56 Å². The molecule has 2 aromatic carbocycles. The molecule has 0 atom stereocenters. The summed E-state index contributed by atoms with van der Waals surface area (Å²) in [6, 6.07) is 18.6. The van der Waals surface area contributed by atoms with Gasteiger partial charge in [-0.15, -0.1) is 0 Å². The molecule has 0 fully saturated rings. The fraction of sp³-hybridized carbons (Fsp3) is 0. The first-order valence-electron chi connectivity index (χ1n) is 6.84. The fourth-order valence-corrected chi connectivity index (χ4v) is 2.68. The molecule has 0 bridgehead atoms. The first-order chi connectivity index (χ1) is 11.2. The van der Waals surface area contributed by atoms with E-state index < -0.39 is 5.78 Å². The third-order valence-corrected chi connectivity index (χ3v) is 4.08. The molecule has 1 aliphatic rings. The van der Waals surface area contributed by atoms with Gasteiger partial charge in [0, 0.05) is 5.69 Å². The van der Waals surface area contributed by atoms with Crippen LogP contribution >= 0.6 is 15.9 Å². The number of oxime groups is 1. The molecule has 2 N–H and O–H groups in total. The number of rotatable bonds is 2. The van der Waals surface area contributed by atoms with E-state index >= 15 is 0 Å². The number of aliphatic imine (C=N–C) groups is 1. The van der Waals surface area contributed by atoms with Crippen molar-refractivity contribution < 1.29 is 10.0 Å². The van der Waals surface area contributed by atoms with Crippen LogP contribution in [0.15, 0.2) is 76.5 Å². The second-order valence-corrected chi connectivity index (χ2v) is 5.55. The van der Waals surface area contributed by atoms with Crippen molar-refractivity contribution in [3.63, 3.8) is 0 Å². The number of hydrogen-bond acceptors (Lipinski definition) is 5. The molecule has 2 aromatic rings. The molecule has 114 valence electrons. The summed E-state index contributed by atoms with van der Waals surface area (Å²) < 4.78 is 0.550. The maximum atomic E-state index is 12.4. The van der Waals surface area contributed by atoms with Crippen LogP contribution in [0.4, 0.5) is 5.69 Å². The van der Waals surface area contributed by atoms with Gasteiger partial charge in [0.25, 0.3) is 0 Å². The molecule has 0 amide bonds. The summed E-state index contributed by atoms with van der Waals surface area (Å²) in [7, 11) is 0. The Bertz CT molecular complexity index is 827. The molecule has 0 unspecified atom stereocenters. The van der Waals surface area contributed by atoms with Crippen LogP contribution in [-0.4, -0.2) is 22.5 Å². The fourth-order valence-electron chi connectivity index (χ4n) is 2.14. The van der Waals surface area contributed by atoms with Gasteiger partial charge in [0.2, 0.25) is 5.78 Å². The molecule has 23 heavy (non-hydrogen) atoms. The Morgan fingerprint density at radius 3 is 2.26 bits per heavy atom. The van der Waals surface area contributed by atoms with Crippen molar-refractivity contribution in [1.29, 1.82) is 0 Å². The molecule has 0 aliphatic carbocycles. The van der Waals surface area contributed by atoms with E-state index in [0.29, 0.717) is 4.48 Å². The predicted octanol–water partition coefficient (Wildman–Crippen LogP) is 3.67. The Balaban J connectivity index is 2.01. The molecule has 6 heteroatoms. The lowest BCUT2D eigenvalue weighted by Crippen LogP contribution is -2.24. The highest BCUT2D eigenvalue weighted by Gasteiger charge is 2.32. The van der Waals surface area contributed by atoms with E-state index in [1.54, 1.807) is 0 Å². The lowest BCUT2D eigenvalue weighted by molar-refractivity contribution is -0.109. The summed E-state index contributed by atoms with van der Waals surface area (Å²) in [5, 5.41) is 15.2. The average Bonchev–Trinajstić information content (AvgIpc) is 2.91. The number of amidine groups is 1. The molecule has 1 heterocycles. The van der Waals surface area contributed by atoms with E-state index in [-0.39, 0.29) is 17.2 Å². The van der Waals surface area contributed by atoms with E-state index in [0.717, 1.165) is 11.3 Å². The lowest BCUT2D eigenvalue weighted by Gasteiger charge is -2.03. The van der Waals surface area contributed by atoms with Crippen LogP contribution < -0.4 is 5.32 Å².